The van der Waals surface area contributed by atoms with E-state index in [0.717, 1.165) is 40.2 Å². The van der Waals surface area contributed by atoms with E-state index in [1.165, 1.54) is 11.1 Å². The van der Waals surface area contributed by atoms with Gasteiger partial charge in [-0.2, -0.15) is 0 Å². The van der Waals surface area contributed by atoms with E-state index in [4.69, 9.17) is 9.72 Å². The largest absolute Gasteiger partial charge is 0.457 e. The van der Waals surface area contributed by atoms with Crippen molar-refractivity contribution in [3.8, 4) is 11.5 Å². The number of halogens is 1. The average molecular weight is 660 g/mol. The monoisotopic (exact) mass is 658 g/mol. The first kappa shape index (κ1) is 28.8. The lowest BCUT2D eigenvalue weighted by atomic mass is 9.93. The molecule has 0 atom stereocenters. The molecule has 3 heterocycles. The van der Waals surface area contributed by atoms with Crippen LogP contribution in [0.2, 0.25) is 0 Å². The highest BCUT2D eigenvalue weighted by atomic mass is 79.9. The highest BCUT2D eigenvalue weighted by Gasteiger charge is 2.35. The van der Waals surface area contributed by atoms with Crippen molar-refractivity contribution in [2.45, 2.75) is 12.1 Å². The number of nitrogens with zero attached hydrogens (tertiary/aromatic N) is 4. The number of fused-ring (bicyclic) bond motifs is 1. The summed E-state index contributed by atoms with van der Waals surface area (Å²) in [6, 6.07) is 38.3. The molecular weight excluding hydrogens is 628 g/mol. The molecule has 0 unspecified atom stereocenters. The number of hydrogen-bond acceptors (Lipinski definition) is 6. The molecule has 0 radical (unpaired) electrons. The lowest BCUT2D eigenvalue weighted by Crippen LogP contribution is -2.60. The number of imidazole rings is 1. The van der Waals surface area contributed by atoms with Gasteiger partial charge in [-0.1, -0.05) is 76.6 Å². The van der Waals surface area contributed by atoms with Crippen LogP contribution in [0.15, 0.2) is 126 Å². The topological polar surface area (TPSA) is 84.3 Å². The van der Waals surface area contributed by atoms with Gasteiger partial charge in [0.2, 0.25) is 5.95 Å². The predicted octanol–water partition coefficient (Wildman–Crippen LogP) is 7.47. The Balaban J connectivity index is 1.00. The Morgan fingerprint density at radius 3 is 2.22 bits per heavy atom. The molecule has 0 bridgehead atoms. The van der Waals surface area contributed by atoms with Crippen LogP contribution in [0.4, 0.5) is 11.6 Å². The standard InChI is InChI=1S/C36H31BrN6O2/c1-42-33-17-16-29(20-31(33)41-36(42)40-27-14-12-26(37)13-15-27)45-30-18-19-38-32(21-30)35(44)39-28-22-43(23-28)34(24-8-4-2-5-9-24)25-10-6-3-7-11-25/h2-21,28,34H,22-23H2,1H3,(H,39,44)(H,40,41). The Hall–Kier alpha value is -4.99. The zero-order chi connectivity index (χ0) is 30.8. The van der Waals surface area contributed by atoms with Gasteiger partial charge in [0.25, 0.3) is 5.91 Å². The van der Waals surface area contributed by atoms with Gasteiger partial charge in [0.05, 0.1) is 23.1 Å². The summed E-state index contributed by atoms with van der Waals surface area (Å²) >= 11 is 3.47. The van der Waals surface area contributed by atoms with Crippen LogP contribution in [0, 0.1) is 0 Å². The molecule has 1 aliphatic rings. The number of rotatable bonds is 9. The summed E-state index contributed by atoms with van der Waals surface area (Å²) in [7, 11) is 1.97. The second-order valence-electron chi connectivity index (χ2n) is 11.1. The number of aromatic nitrogens is 3. The highest BCUT2D eigenvalue weighted by molar-refractivity contribution is 9.10. The van der Waals surface area contributed by atoms with Crippen molar-refractivity contribution < 1.29 is 9.53 Å². The Morgan fingerprint density at radius 2 is 1.53 bits per heavy atom. The molecule has 224 valence electrons. The van der Waals surface area contributed by atoms with Crippen LogP contribution in [0.1, 0.15) is 27.7 Å². The first-order valence-electron chi connectivity index (χ1n) is 14.8. The Labute approximate surface area is 269 Å². The first-order valence-corrected chi connectivity index (χ1v) is 15.6. The maximum absolute atomic E-state index is 13.2. The van der Waals surface area contributed by atoms with E-state index >= 15 is 0 Å². The Bertz CT molecular complexity index is 1900. The molecule has 1 aliphatic heterocycles. The zero-order valence-electron chi connectivity index (χ0n) is 24.6. The number of pyridine rings is 1. The fourth-order valence-electron chi connectivity index (χ4n) is 5.71. The Kier molecular flexibility index (Phi) is 8.02. The second kappa shape index (κ2) is 12.6. The summed E-state index contributed by atoms with van der Waals surface area (Å²) in [5.41, 5.74) is 5.49. The summed E-state index contributed by atoms with van der Waals surface area (Å²) in [4.78, 5) is 24.7. The van der Waals surface area contributed by atoms with Gasteiger partial charge in [-0.3, -0.25) is 14.7 Å². The summed E-state index contributed by atoms with van der Waals surface area (Å²) in [5, 5.41) is 6.51. The minimum atomic E-state index is -0.218. The van der Waals surface area contributed by atoms with Crippen LogP contribution in [0.3, 0.4) is 0 Å². The smallest absolute Gasteiger partial charge is 0.270 e. The molecule has 45 heavy (non-hydrogen) atoms. The molecule has 0 saturated carbocycles. The quantitative estimate of drug-likeness (QED) is 0.168. The van der Waals surface area contributed by atoms with E-state index in [0.29, 0.717) is 17.2 Å². The van der Waals surface area contributed by atoms with Gasteiger partial charge in [-0.05, 0) is 53.6 Å². The van der Waals surface area contributed by atoms with Crippen LogP contribution >= 0.6 is 15.9 Å². The first-order chi connectivity index (χ1) is 22.0. The fraction of sp³-hybridized carbons (Fsp3) is 0.139. The van der Waals surface area contributed by atoms with E-state index in [9.17, 15) is 4.79 Å². The second-order valence-corrected chi connectivity index (χ2v) is 12.0. The number of likely N-dealkylation sites (tertiary alicyclic amines) is 1. The van der Waals surface area contributed by atoms with Gasteiger partial charge >= 0.3 is 0 Å². The van der Waals surface area contributed by atoms with Gasteiger partial charge in [0.1, 0.15) is 17.2 Å². The van der Waals surface area contributed by atoms with E-state index in [-0.39, 0.29) is 18.0 Å². The predicted molar refractivity (Wildman–Crippen MR) is 180 cm³/mol. The number of benzene rings is 4. The minimum Gasteiger partial charge on any atom is -0.457 e. The number of carbonyl (C=O) groups excluding carboxylic acids is 1. The molecule has 8 nitrogen and oxygen atoms in total. The molecule has 2 aromatic heterocycles. The van der Waals surface area contributed by atoms with E-state index < -0.39 is 0 Å². The van der Waals surface area contributed by atoms with E-state index in [2.05, 4.69) is 85.0 Å². The number of hydrogen-bond donors (Lipinski definition) is 2. The van der Waals surface area contributed by atoms with Crippen LogP contribution in [0.25, 0.3) is 11.0 Å². The van der Waals surface area contributed by atoms with Crippen LogP contribution in [-0.2, 0) is 7.05 Å². The molecule has 7 rings (SSSR count). The molecular formula is C36H31BrN6O2. The SMILES string of the molecule is Cn1c(Nc2ccc(Br)cc2)nc2cc(Oc3ccnc(C(=O)NC4CN(C(c5ccccc5)c5ccccc5)C4)c3)ccc21. The maximum Gasteiger partial charge on any atom is 0.270 e. The molecule has 1 saturated heterocycles. The maximum atomic E-state index is 13.2. The average Bonchev–Trinajstić information content (AvgIpc) is 3.35. The van der Waals surface area contributed by atoms with Crippen LogP contribution in [-0.4, -0.2) is 44.5 Å². The third-order valence-electron chi connectivity index (χ3n) is 7.99. The van der Waals surface area contributed by atoms with Crippen molar-refractivity contribution in [2.75, 3.05) is 18.4 Å². The molecule has 0 spiro atoms. The molecule has 9 heteroatoms. The van der Waals surface area contributed by atoms with Gasteiger partial charge in [-0.25, -0.2) is 4.98 Å². The molecule has 2 N–H and O–H groups in total. The van der Waals surface area contributed by atoms with Crippen molar-refractivity contribution in [1.82, 2.24) is 24.8 Å². The van der Waals surface area contributed by atoms with Crippen molar-refractivity contribution >= 4 is 44.5 Å². The van der Waals surface area contributed by atoms with Crippen molar-refractivity contribution in [3.63, 3.8) is 0 Å². The van der Waals surface area contributed by atoms with Crippen LogP contribution < -0.4 is 15.4 Å². The normalized spacial score (nSPS) is 13.5. The number of ether oxygens (including phenoxy) is 1. The number of amides is 1. The van der Waals surface area contributed by atoms with Gasteiger partial charge in [0.15, 0.2) is 0 Å². The third kappa shape index (κ3) is 6.31. The summed E-state index contributed by atoms with van der Waals surface area (Å²) in [6.45, 7) is 1.50. The van der Waals surface area contributed by atoms with E-state index in [1.807, 2.05) is 66.2 Å². The van der Waals surface area contributed by atoms with Gasteiger partial charge in [-0.15, -0.1) is 0 Å². The molecule has 1 fully saturated rings. The van der Waals surface area contributed by atoms with Gasteiger partial charge < -0.3 is 19.9 Å². The van der Waals surface area contributed by atoms with Gasteiger partial charge in [0, 0.05) is 48.6 Å². The molecule has 0 aliphatic carbocycles. The fourth-order valence-corrected chi connectivity index (χ4v) is 5.98. The lowest BCUT2D eigenvalue weighted by molar-refractivity contribution is 0.0714. The van der Waals surface area contributed by atoms with Crippen LogP contribution in [0.5, 0.6) is 11.5 Å². The van der Waals surface area contributed by atoms with Crippen molar-refractivity contribution in [3.05, 3.63) is 143 Å². The third-order valence-corrected chi connectivity index (χ3v) is 8.52. The zero-order valence-corrected chi connectivity index (χ0v) is 26.2. The number of anilines is 2. The minimum absolute atomic E-state index is 0.0329. The summed E-state index contributed by atoms with van der Waals surface area (Å²) < 4.78 is 9.16. The summed E-state index contributed by atoms with van der Waals surface area (Å²) in [6.07, 6.45) is 1.59. The number of carbonyl (C=O) groups is 1. The van der Waals surface area contributed by atoms with E-state index in [1.54, 1.807) is 18.3 Å². The lowest BCUT2D eigenvalue weighted by Gasteiger charge is -2.45. The van der Waals surface area contributed by atoms with Crippen molar-refractivity contribution in [1.29, 1.82) is 0 Å². The van der Waals surface area contributed by atoms with Crippen molar-refractivity contribution in [2.24, 2.45) is 7.05 Å². The highest BCUT2D eigenvalue weighted by Crippen LogP contribution is 2.33. The summed E-state index contributed by atoms with van der Waals surface area (Å²) in [5.74, 6) is 1.66. The molecule has 4 aromatic carbocycles. The molecule has 1 amide bonds. The number of aryl methyl sites for hydroxylation is 1. The number of nitrogens with one attached hydrogen (secondary N) is 2. The Morgan fingerprint density at radius 1 is 0.867 bits per heavy atom. The molecule has 6 aromatic rings.